The molecule has 3 aromatic carbocycles. The largest absolute Gasteiger partial charge is 0.394 e. The summed E-state index contributed by atoms with van der Waals surface area (Å²) in [4.78, 5) is 2.22. The van der Waals surface area contributed by atoms with Crippen LogP contribution in [-0.4, -0.2) is 17.8 Å². The number of para-hydroxylation sites is 2. The second-order valence-electron chi connectivity index (χ2n) is 5.57. The van der Waals surface area contributed by atoms with Crippen LogP contribution in [0.25, 0.3) is 0 Å². The topological polar surface area (TPSA) is 23.5 Å². The maximum Gasteiger partial charge on any atom is 0.0642 e. The van der Waals surface area contributed by atoms with Gasteiger partial charge in [-0.05, 0) is 36.2 Å². The molecule has 0 aliphatic carbocycles. The molecule has 23 heavy (non-hydrogen) atoms. The minimum atomic E-state index is -0.0119. The fourth-order valence-corrected chi connectivity index (χ4v) is 2.87. The Hall–Kier alpha value is -2.58. The molecule has 2 nitrogen and oxygen atoms in total. The van der Waals surface area contributed by atoms with E-state index in [1.165, 1.54) is 5.56 Å². The highest BCUT2D eigenvalue weighted by molar-refractivity contribution is 5.64. The van der Waals surface area contributed by atoms with Crippen LogP contribution in [0, 0.1) is 0 Å². The van der Waals surface area contributed by atoms with Gasteiger partial charge in [0.1, 0.15) is 0 Å². The minimum Gasteiger partial charge on any atom is -0.394 e. The molecule has 1 atom stereocenters. The highest BCUT2D eigenvalue weighted by Crippen LogP contribution is 2.28. The van der Waals surface area contributed by atoms with E-state index in [9.17, 15) is 5.11 Å². The highest BCUT2D eigenvalue weighted by atomic mass is 16.3. The average molecular weight is 303 g/mol. The number of anilines is 2. The first-order valence-electron chi connectivity index (χ1n) is 7.92. The van der Waals surface area contributed by atoms with Gasteiger partial charge in [-0.3, -0.25) is 0 Å². The molecule has 0 saturated heterocycles. The second-order valence-corrected chi connectivity index (χ2v) is 5.57. The zero-order valence-corrected chi connectivity index (χ0v) is 13.0. The maximum atomic E-state index is 10.0. The van der Waals surface area contributed by atoms with Gasteiger partial charge in [0, 0.05) is 11.4 Å². The molecule has 3 aromatic rings. The van der Waals surface area contributed by atoms with Gasteiger partial charge in [-0.2, -0.15) is 0 Å². The molecule has 0 unspecified atom stereocenters. The lowest BCUT2D eigenvalue weighted by Gasteiger charge is -2.33. The minimum absolute atomic E-state index is 0.0119. The Labute approximate surface area is 137 Å². The number of aliphatic hydroxyl groups excluding tert-OH is 1. The Bertz CT molecular complexity index is 658. The number of hydrogen-bond acceptors (Lipinski definition) is 2. The summed E-state index contributed by atoms with van der Waals surface area (Å²) >= 11 is 0. The van der Waals surface area contributed by atoms with Crippen LogP contribution in [-0.2, 0) is 6.42 Å². The first-order valence-corrected chi connectivity index (χ1v) is 7.92. The van der Waals surface area contributed by atoms with E-state index in [0.717, 1.165) is 17.8 Å². The van der Waals surface area contributed by atoms with E-state index < -0.39 is 0 Å². The molecule has 0 spiro atoms. The second kappa shape index (κ2) is 7.61. The fourth-order valence-electron chi connectivity index (χ4n) is 2.87. The van der Waals surface area contributed by atoms with Crippen molar-refractivity contribution in [3.8, 4) is 0 Å². The SMILES string of the molecule is OC[C@H](Cc1ccccc1)N(c1ccccc1)c1ccccc1. The molecule has 116 valence electrons. The molecule has 2 heteroatoms. The standard InChI is InChI=1S/C21H21NO/c23-17-21(16-18-10-4-1-5-11-18)22(19-12-6-2-7-13-19)20-14-8-3-9-15-20/h1-15,21,23H,16-17H2/t21-/m0/s1. The summed E-state index contributed by atoms with van der Waals surface area (Å²) in [5, 5.41) is 10.0. The van der Waals surface area contributed by atoms with Crippen LogP contribution in [0.4, 0.5) is 11.4 Å². The maximum absolute atomic E-state index is 10.0. The van der Waals surface area contributed by atoms with Gasteiger partial charge in [0.2, 0.25) is 0 Å². The lowest BCUT2D eigenvalue weighted by atomic mass is 10.0. The normalized spacial score (nSPS) is 11.9. The Morgan fingerprint density at radius 3 is 1.52 bits per heavy atom. The third-order valence-corrected chi connectivity index (χ3v) is 3.96. The van der Waals surface area contributed by atoms with E-state index in [1.54, 1.807) is 0 Å². The Balaban J connectivity index is 1.96. The first kappa shape index (κ1) is 15.3. The molecule has 1 N–H and O–H groups in total. The van der Waals surface area contributed by atoms with Crippen LogP contribution in [0.15, 0.2) is 91.0 Å². The molecular formula is C21H21NO. The molecule has 0 amide bonds. The van der Waals surface area contributed by atoms with Gasteiger partial charge in [0.05, 0.1) is 12.6 Å². The van der Waals surface area contributed by atoms with E-state index in [2.05, 4.69) is 41.3 Å². The summed E-state index contributed by atoms with van der Waals surface area (Å²) in [6, 6.07) is 30.8. The predicted octanol–water partition coefficient (Wildman–Crippen LogP) is 4.43. The van der Waals surface area contributed by atoms with Crippen molar-refractivity contribution in [2.45, 2.75) is 12.5 Å². The van der Waals surface area contributed by atoms with Crippen molar-refractivity contribution in [1.29, 1.82) is 0 Å². The molecule has 0 saturated carbocycles. The van der Waals surface area contributed by atoms with Crippen LogP contribution in [0.5, 0.6) is 0 Å². The average Bonchev–Trinajstić information content (AvgIpc) is 2.64. The zero-order valence-electron chi connectivity index (χ0n) is 13.0. The van der Waals surface area contributed by atoms with Crippen molar-refractivity contribution in [2.24, 2.45) is 0 Å². The number of hydrogen-bond donors (Lipinski definition) is 1. The molecule has 0 radical (unpaired) electrons. The van der Waals surface area contributed by atoms with Crippen molar-refractivity contribution in [3.63, 3.8) is 0 Å². The molecule has 0 bridgehead atoms. The van der Waals surface area contributed by atoms with E-state index in [-0.39, 0.29) is 12.6 Å². The van der Waals surface area contributed by atoms with Gasteiger partial charge < -0.3 is 10.0 Å². The number of aliphatic hydroxyl groups is 1. The summed E-state index contributed by atoms with van der Waals surface area (Å²) in [5.74, 6) is 0. The Morgan fingerprint density at radius 2 is 1.09 bits per heavy atom. The summed E-state index contributed by atoms with van der Waals surface area (Å²) in [5.41, 5.74) is 3.41. The molecule has 0 aliphatic rings. The monoisotopic (exact) mass is 303 g/mol. The van der Waals surface area contributed by atoms with Crippen LogP contribution in [0.3, 0.4) is 0 Å². The molecule has 0 heterocycles. The fraction of sp³-hybridized carbons (Fsp3) is 0.143. The van der Waals surface area contributed by atoms with Crippen LogP contribution in [0.1, 0.15) is 5.56 Å². The van der Waals surface area contributed by atoms with Gasteiger partial charge in [-0.25, -0.2) is 0 Å². The third kappa shape index (κ3) is 3.79. The smallest absolute Gasteiger partial charge is 0.0642 e. The summed E-state index contributed by atoms with van der Waals surface area (Å²) in [6.45, 7) is 0.0959. The lowest BCUT2D eigenvalue weighted by molar-refractivity contribution is 0.264. The predicted molar refractivity (Wildman–Crippen MR) is 96.0 cm³/mol. The van der Waals surface area contributed by atoms with E-state index in [0.29, 0.717) is 0 Å². The van der Waals surface area contributed by atoms with Crippen molar-refractivity contribution < 1.29 is 5.11 Å². The molecule has 0 aromatic heterocycles. The molecular weight excluding hydrogens is 282 g/mol. The number of rotatable bonds is 6. The lowest BCUT2D eigenvalue weighted by Crippen LogP contribution is -2.36. The van der Waals surface area contributed by atoms with Gasteiger partial charge in [-0.15, -0.1) is 0 Å². The zero-order chi connectivity index (χ0) is 15.9. The van der Waals surface area contributed by atoms with Crippen molar-refractivity contribution in [3.05, 3.63) is 96.6 Å². The molecule has 0 fully saturated rings. The molecule has 3 rings (SSSR count). The van der Waals surface area contributed by atoms with Crippen LogP contribution in [0.2, 0.25) is 0 Å². The first-order chi connectivity index (χ1) is 11.4. The van der Waals surface area contributed by atoms with Crippen molar-refractivity contribution in [1.82, 2.24) is 0 Å². The van der Waals surface area contributed by atoms with E-state index >= 15 is 0 Å². The van der Waals surface area contributed by atoms with E-state index in [1.807, 2.05) is 54.6 Å². The van der Waals surface area contributed by atoms with Crippen molar-refractivity contribution in [2.75, 3.05) is 11.5 Å². The summed E-state index contributed by atoms with van der Waals surface area (Å²) in [7, 11) is 0. The number of nitrogens with zero attached hydrogens (tertiary/aromatic N) is 1. The quantitative estimate of drug-likeness (QED) is 0.728. The van der Waals surface area contributed by atoms with Crippen LogP contribution < -0.4 is 4.90 Å². The third-order valence-electron chi connectivity index (χ3n) is 3.96. The summed E-state index contributed by atoms with van der Waals surface area (Å²) < 4.78 is 0. The number of benzene rings is 3. The van der Waals surface area contributed by atoms with Gasteiger partial charge in [-0.1, -0.05) is 66.7 Å². The Morgan fingerprint density at radius 1 is 0.652 bits per heavy atom. The molecule has 0 aliphatic heterocycles. The highest BCUT2D eigenvalue weighted by Gasteiger charge is 2.20. The Kier molecular flexibility index (Phi) is 5.07. The van der Waals surface area contributed by atoms with Crippen molar-refractivity contribution >= 4 is 11.4 Å². The van der Waals surface area contributed by atoms with Crippen LogP contribution >= 0.6 is 0 Å². The van der Waals surface area contributed by atoms with Gasteiger partial charge >= 0.3 is 0 Å². The van der Waals surface area contributed by atoms with Gasteiger partial charge in [0.25, 0.3) is 0 Å². The van der Waals surface area contributed by atoms with E-state index in [4.69, 9.17) is 0 Å². The summed E-state index contributed by atoms with van der Waals surface area (Å²) in [6.07, 6.45) is 0.793. The van der Waals surface area contributed by atoms with Gasteiger partial charge in [0.15, 0.2) is 0 Å².